The Morgan fingerprint density at radius 2 is 2.25 bits per heavy atom. The molecule has 0 aromatic heterocycles. The zero-order valence-corrected chi connectivity index (χ0v) is 11.0. The van der Waals surface area contributed by atoms with Crippen molar-refractivity contribution >= 4 is 21.8 Å². The Morgan fingerprint density at radius 1 is 1.56 bits per heavy atom. The SMILES string of the molecule is CCC(Br)CNC(=O)c1cccc(C)c1F. The molecule has 0 bridgehead atoms. The quantitative estimate of drug-likeness (QED) is 0.848. The van der Waals surface area contributed by atoms with Gasteiger partial charge in [-0.2, -0.15) is 0 Å². The third-order valence-electron chi connectivity index (χ3n) is 2.36. The van der Waals surface area contributed by atoms with Gasteiger partial charge in [0.1, 0.15) is 5.82 Å². The fourth-order valence-electron chi connectivity index (χ4n) is 1.27. The molecule has 1 N–H and O–H groups in total. The standard InChI is InChI=1S/C12H15BrFNO/c1-3-9(13)7-15-12(16)10-6-4-5-8(2)11(10)14/h4-6,9H,3,7H2,1-2H3,(H,15,16). The van der Waals surface area contributed by atoms with E-state index < -0.39 is 5.82 Å². The molecular weight excluding hydrogens is 273 g/mol. The largest absolute Gasteiger partial charge is 0.351 e. The first-order valence-corrected chi connectivity index (χ1v) is 6.15. The maximum atomic E-state index is 13.6. The summed E-state index contributed by atoms with van der Waals surface area (Å²) >= 11 is 3.40. The fourth-order valence-corrected chi connectivity index (χ4v) is 1.43. The van der Waals surface area contributed by atoms with E-state index in [2.05, 4.69) is 21.2 Å². The maximum Gasteiger partial charge on any atom is 0.254 e. The molecule has 0 saturated heterocycles. The third kappa shape index (κ3) is 3.30. The van der Waals surface area contributed by atoms with Gasteiger partial charge in [0.25, 0.3) is 5.91 Å². The highest BCUT2D eigenvalue weighted by Crippen LogP contribution is 2.12. The number of halogens is 2. The van der Waals surface area contributed by atoms with E-state index in [4.69, 9.17) is 0 Å². The summed E-state index contributed by atoms with van der Waals surface area (Å²) in [5.41, 5.74) is 0.592. The molecular formula is C12H15BrFNO. The van der Waals surface area contributed by atoms with E-state index in [1.165, 1.54) is 6.07 Å². The number of carbonyl (C=O) groups excluding carboxylic acids is 1. The number of hydrogen-bond acceptors (Lipinski definition) is 1. The van der Waals surface area contributed by atoms with Gasteiger partial charge in [-0.05, 0) is 25.0 Å². The van der Waals surface area contributed by atoms with Crippen LogP contribution in [0.1, 0.15) is 29.3 Å². The summed E-state index contributed by atoms with van der Waals surface area (Å²) < 4.78 is 13.6. The second-order valence-electron chi connectivity index (χ2n) is 3.65. The molecule has 0 spiro atoms. The van der Waals surface area contributed by atoms with Gasteiger partial charge in [-0.15, -0.1) is 0 Å². The topological polar surface area (TPSA) is 29.1 Å². The second kappa shape index (κ2) is 5.99. The van der Waals surface area contributed by atoms with Crippen LogP contribution in [-0.4, -0.2) is 17.3 Å². The molecule has 0 heterocycles. The van der Waals surface area contributed by atoms with E-state index in [-0.39, 0.29) is 16.3 Å². The number of alkyl halides is 1. The summed E-state index contributed by atoms with van der Waals surface area (Å²) in [6, 6.07) is 4.82. The van der Waals surface area contributed by atoms with Crippen LogP contribution in [0.4, 0.5) is 4.39 Å². The van der Waals surface area contributed by atoms with E-state index >= 15 is 0 Å². The predicted octanol–water partition coefficient (Wildman–Crippen LogP) is 3.04. The molecule has 1 aromatic rings. The van der Waals surface area contributed by atoms with Gasteiger partial charge in [0.05, 0.1) is 5.56 Å². The minimum absolute atomic E-state index is 0.107. The van der Waals surface area contributed by atoms with Crippen LogP contribution in [0, 0.1) is 12.7 Å². The summed E-state index contributed by atoms with van der Waals surface area (Å²) in [5.74, 6) is -0.804. The van der Waals surface area contributed by atoms with Gasteiger partial charge in [-0.1, -0.05) is 35.0 Å². The summed E-state index contributed by atoms with van der Waals surface area (Å²) in [5, 5.41) is 2.69. The molecule has 2 nitrogen and oxygen atoms in total. The summed E-state index contributed by atoms with van der Waals surface area (Å²) in [6.45, 7) is 4.16. The monoisotopic (exact) mass is 287 g/mol. The lowest BCUT2D eigenvalue weighted by Gasteiger charge is -2.10. The highest BCUT2D eigenvalue weighted by Gasteiger charge is 2.13. The fraction of sp³-hybridized carbons (Fsp3) is 0.417. The van der Waals surface area contributed by atoms with Gasteiger partial charge in [0, 0.05) is 11.4 Å². The molecule has 1 rings (SSSR count). The van der Waals surface area contributed by atoms with Gasteiger partial charge < -0.3 is 5.32 Å². The Labute approximate surface area is 103 Å². The van der Waals surface area contributed by atoms with Crippen molar-refractivity contribution in [1.82, 2.24) is 5.32 Å². The Hall–Kier alpha value is -0.900. The molecule has 1 atom stereocenters. The number of benzene rings is 1. The molecule has 1 unspecified atom stereocenters. The lowest BCUT2D eigenvalue weighted by Crippen LogP contribution is -2.30. The lowest BCUT2D eigenvalue weighted by molar-refractivity contribution is 0.0949. The van der Waals surface area contributed by atoms with E-state index in [0.717, 1.165) is 6.42 Å². The van der Waals surface area contributed by atoms with Gasteiger partial charge in [-0.3, -0.25) is 4.79 Å². The third-order valence-corrected chi connectivity index (χ3v) is 3.33. The normalized spacial score (nSPS) is 12.2. The lowest BCUT2D eigenvalue weighted by atomic mass is 10.1. The van der Waals surface area contributed by atoms with Crippen molar-refractivity contribution in [1.29, 1.82) is 0 Å². The molecule has 0 fully saturated rings. The summed E-state index contributed by atoms with van der Waals surface area (Å²) in [6.07, 6.45) is 0.913. The van der Waals surface area contributed by atoms with E-state index in [9.17, 15) is 9.18 Å². The van der Waals surface area contributed by atoms with Crippen LogP contribution in [0.5, 0.6) is 0 Å². The van der Waals surface area contributed by atoms with Crippen molar-refractivity contribution in [2.45, 2.75) is 25.1 Å². The Morgan fingerprint density at radius 3 is 2.88 bits per heavy atom. The van der Waals surface area contributed by atoms with Crippen molar-refractivity contribution in [2.24, 2.45) is 0 Å². The molecule has 1 amide bonds. The van der Waals surface area contributed by atoms with Crippen LogP contribution in [-0.2, 0) is 0 Å². The van der Waals surface area contributed by atoms with E-state index in [1.807, 2.05) is 6.92 Å². The first-order valence-electron chi connectivity index (χ1n) is 5.23. The van der Waals surface area contributed by atoms with Crippen LogP contribution in [0.3, 0.4) is 0 Å². The van der Waals surface area contributed by atoms with Crippen LogP contribution in [0.15, 0.2) is 18.2 Å². The first kappa shape index (κ1) is 13.2. The number of rotatable bonds is 4. The molecule has 1 aromatic carbocycles. The smallest absolute Gasteiger partial charge is 0.254 e. The average molecular weight is 288 g/mol. The Balaban J connectivity index is 2.70. The zero-order chi connectivity index (χ0) is 12.1. The van der Waals surface area contributed by atoms with Crippen molar-refractivity contribution < 1.29 is 9.18 Å². The van der Waals surface area contributed by atoms with Crippen molar-refractivity contribution in [3.05, 3.63) is 35.1 Å². The number of hydrogen-bond donors (Lipinski definition) is 1. The average Bonchev–Trinajstić information content (AvgIpc) is 2.29. The van der Waals surface area contributed by atoms with Gasteiger partial charge >= 0.3 is 0 Å². The second-order valence-corrected chi connectivity index (χ2v) is 4.95. The van der Waals surface area contributed by atoms with Crippen molar-refractivity contribution in [3.8, 4) is 0 Å². The highest BCUT2D eigenvalue weighted by atomic mass is 79.9. The minimum atomic E-state index is -0.442. The van der Waals surface area contributed by atoms with E-state index in [0.29, 0.717) is 12.1 Å². The van der Waals surface area contributed by atoms with Crippen LogP contribution in [0.25, 0.3) is 0 Å². The highest BCUT2D eigenvalue weighted by molar-refractivity contribution is 9.09. The minimum Gasteiger partial charge on any atom is -0.351 e. The van der Waals surface area contributed by atoms with Gasteiger partial charge in [0.2, 0.25) is 0 Å². The molecule has 16 heavy (non-hydrogen) atoms. The number of aryl methyl sites for hydroxylation is 1. The van der Waals surface area contributed by atoms with Gasteiger partial charge in [-0.25, -0.2) is 4.39 Å². The Bertz CT molecular complexity index is 381. The molecule has 0 radical (unpaired) electrons. The van der Waals surface area contributed by atoms with Crippen LogP contribution >= 0.6 is 15.9 Å². The molecule has 0 aliphatic rings. The van der Waals surface area contributed by atoms with Crippen LogP contribution < -0.4 is 5.32 Å². The predicted molar refractivity (Wildman–Crippen MR) is 66.5 cm³/mol. The van der Waals surface area contributed by atoms with Crippen molar-refractivity contribution in [3.63, 3.8) is 0 Å². The first-order chi connectivity index (χ1) is 7.56. The molecule has 0 aliphatic carbocycles. The Kier molecular flexibility index (Phi) is 4.93. The van der Waals surface area contributed by atoms with E-state index in [1.54, 1.807) is 19.1 Å². The van der Waals surface area contributed by atoms with Crippen LogP contribution in [0.2, 0.25) is 0 Å². The number of amides is 1. The summed E-state index contributed by atoms with van der Waals surface area (Å²) in [4.78, 5) is 11.9. The summed E-state index contributed by atoms with van der Waals surface area (Å²) in [7, 11) is 0. The maximum absolute atomic E-state index is 13.6. The molecule has 88 valence electrons. The van der Waals surface area contributed by atoms with Crippen molar-refractivity contribution in [2.75, 3.05) is 6.54 Å². The number of carbonyl (C=O) groups is 1. The molecule has 4 heteroatoms. The number of nitrogens with one attached hydrogen (secondary N) is 1. The molecule has 0 saturated carbocycles. The van der Waals surface area contributed by atoms with Gasteiger partial charge in [0.15, 0.2) is 0 Å². The molecule has 0 aliphatic heterocycles. The zero-order valence-electron chi connectivity index (χ0n) is 9.39.